The number of thiophene rings is 1. The zero-order chi connectivity index (χ0) is 24.9. The Balaban J connectivity index is 1.57. The number of ether oxygens (including phenoxy) is 2. The van der Waals surface area contributed by atoms with Crippen molar-refractivity contribution in [3.63, 3.8) is 0 Å². The number of aromatic nitrogens is 2. The molecule has 3 heterocycles. The second kappa shape index (κ2) is 11.1. The minimum atomic E-state index is -0.386. The topological polar surface area (TPSA) is 56.6 Å². The average Bonchev–Trinajstić information content (AvgIpc) is 3.67. The van der Waals surface area contributed by atoms with Gasteiger partial charge in [-0.25, -0.2) is 9.07 Å². The summed E-state index contributed by atoms with van der Waals surface area (Å²) in [6.07, 6.45) is 2.56. The van der Waals surface area contributed by atoms with Crippen LogP contribution in [0.2, 0.25) is 0 Å². The van der Waals surface area contributed by atoms with Gasteiger partial charge in [-0.05, 0) is 55.0 Å². The van der Waals surface area contributed by atoms with E-state index in [0.717, 1.165) is 29.8 Å². The molecule has 0 radical (unpaired) electrons. The molecule has 6 nitrogen and oxygen atoms in total. The summed E-state index contributed by atoms with van der Waals surface area (Å²) >= 11 is 1.42. The molecule has 36 heavy (non-hydrogen) atoms. The number of para-hydroxylation sites is 1. The first kappa shape index (κ1) is 24.2. The van der Waals surface area contributed by atoms with Crippen molar-refractivity contribution < 1.29 is 18.7 Å². The Bertz CT molecular complexity index is 1300. The van der Waals surface area contributed by atoms with Crippen LogP contribution in [0, 0.1) is 5.82 Å². The summed E-state index contributed by atoms with van der Waals surface area (Å²) < 4.78 is 27.9. The highest BCUT2D eigenvalue weighted by Crippen LogP contribution is 2.33. The van der Waals surface area contributed by atoms with Gasteiger partial charge in [0.15, 0.2) is 0 Å². The molecule has 2 aromatic carbocycles. The van der Waals surface area contributed by atoms with Crippen LogP contribution in [0.5, 0.6) is 11.6 Å². The molecule has 0 saturated carbocycles. The Morgan fingerprint density at radius 3 is 2.75 bits per heavy atom. The zero-order valence-electron chi connectivity index (χ0n) is 20.1. The molecule has 186 valence electrons. The molecule has 8 heteroatoms. The van der Waals surface area contributed by atoms with Gasteiger partial charge in [0.05, 0.1) is 34.5 Å². The third-order valence-electron chi connectivity index (χ3n) is 6.18. The number of carbonyl (C=O) groups excluding carboxylic acids is 1. The standard InChI is InChI=1S/C28H28FN3O3S/c1-2-25-24(19-31(18-23-13-7-15-34-23)27(33)26-14-8-16-36-26)28(35-22-12-6-9-20(29)17-22)32(30-25)21-10-4-3-5-11-21/h3-6,8-12,14,16-17,23H,2,7,13,15,18-19H2,1H3. The maximum Gasteiger partial charge on any atom is 0.264 e. The van der Waals surface area contributed by atoms with E-state index in [2.05, 4.69) is 0 Å². The fourth-order valence-electron chi connectivity index (χ4n) is 4.41. The van der Waals surface area contributed by atoms with Crippen LogP contribution in [0.15, 0.2) is 72.1 Å². The van der Waals surface area contributed by atoms with E-state index in [-0.39, 0.29) is 17.8 Å². The second-order valence-electron chi connectivity index (χ2n) is 8.69. The first-order valence-corrected chi connectivity index (χ1v) is 13.0. The number of carbonyl (C=O) groups is 1. The van der Waals surface area contributed by atoms with Crippen LogP contribution in [-0.2, 0) is 17.7 Å². The fourth-order valence-corrected chi connectivity index (χ4v) is 5.10. The monoisotopic (exact) mass is 505 g/mol. The van der Waals surface area contributed by atoms with E-state index in [9.17, 15) is 9.18 Å². The quantitative estimate of drug-likeness (QED) is 0.270. The van der Waals surface area contributed by atoms with E-state index in [1.165, 1.54) is 23.5 Å². The number of amides is 1. The van der Waals surface area contributed by atoms with E-state index in [0.29, 0.717) is 42.6 Å². The van der Waals surface area contributed by atoms with Gasteiger partial charge in [0.25, 0.3) is 5.91 Å². The molecular formula is C28H28FN3O3S. The van der Waals surface area contributed by atoms with E-state index >= 15 is 0 Å². The van der Waals surface area contributed by atoms with Gasteiger partial charge in [-0.2, -0.15) is 5.10 Å². The summed E-state index contributed by atoms with van der Waals surface area (Å²) in [5.74, 6) is 0.404. The molecule has 1 atom stereocenters. The lowest BCUT2D eigenvalue weighted by Crippen LogP contribution is -2.36. The summed E-state index contributed by atoms with van der Waals surface area (Å²) in [6, 6.07) is 19.4. The van der Waals surface area contributed by atoms with Gasteiger partial charge >= 0.3 is 0 Å². The van der Waals surface area contributed by atoms with Gasteiger partial charge in [-0.3, -0.25) is 4.79 Å². The molecule has 1 aliphatic heterocycles. The van der Waals surface area contributed by atoms with Crippen molar-refractivity contribution in [1.82, 2.24) is 14.7 Å². The molecule has 0 spiro atoms. The van der Waals surface area contributed by atoms with Crippen LogP contribution in [0.25, 0.3) is 5.69 Å². The molecular weight excluding hydrogens is 477 g/mol. The number of hydrogen-bond donors (Lipinski definition) is 0. The minimum absolute atomic E-state index is 0.00394. The molecule has 0 bridgehead atoms. The predicted molar refractivity (Wildman–Crippen MR) is 137 cm³/mol. The van der Waals surface area contributed by atoms with Crippen LogP contribution >= 0.6 is 11.3 Å². The minimum Gasteiger partial charge on any atom is -0.438 e. The molecule has 1 fully saturated rings. The largest absolute Gasteiger partial charge is 0.438 e. The van der Waals surface area contributed by atoms with Crippen molar-refractivity contribution in [2.75, 3.05) is 13.2 Å². The summed E-state index contributed by atoms with van der Waals surface area (Å²) in [7, 11) is 0. The van der Waals surface area contributed by atoms with E-state index in [1.807, 2.05) is 59.7 Å². The molecule has 1 amide bonds. The van der Waals surface area contributed by atoms with E-state index in [4.69, 9.17) is 14.6 Å². The van der Waals surface area contributed by atoms with Crippen molar-refractivity contribution >= 4 is 17.2 Å². The van der Waals surface area contributed by atoms with Crippen LogP contribution < -0.4 is 4.74 Å². The fraction of sp³-hybridized carbons (Fsp3) is 0.286. The van der Waals surface area contributed by atoms with Gasteiger partial charge in [0, 0.05) is 19.2 Å². The van der Waals surface area contributed by atoms with Crippen LogP contribution in [-0.4, -0.2) is 39.8 Å². The Morgan fingerprint density at radius 1 is 1.19 bits per heavy atom. The van der Waals surface area contributed by atoms with Gasteiger partial charge < -0.3 is 14.4 Å². The third-order valence-corrected chi connectivity index (χ3v) is 7.04. The van der Waals surface area contributed by atoms with Crippen molar-refractivity contribution in [1.29, 1.82) is 0 Å². The highest BCUT2D eigenvalue weighted by Gasteiger charge is 2.28. The predicted octanol–water partition coefficient (Wildman–Crippen LogP) is 6.25. The Hall–Kier alpha value is -3.49. The molecule has 4 aromatic rings. The molecule has 1 aliphatic rings. The lowest BCUT2D eigenvalue weighted by atomic mass is 10.1. The first-order chi connectivity index (χ1) is 17.6. The molecule has 1 saturated heterocycles. The van der Waals surface area contributed by atoms with Crippen LogP contribution in [0.1, 0.15) is 40.7 Å². The summed E-state index contributed by atoms with van der Waals surface area (Å²) in [5.41, 5.74) is 2.44. The lowest BCUT2D eigenvalue weighted by molar-refractivity contribution is 0.0509. The zero-order valence-corrected chi connectivity index (χ0v) is 20.9. The van der Waals surface area contributed by atoms with Crippen LogP contribution in [0.3, 0.4) is 0 Å². The Morgan fingerprint density at radius 2 is 2.06 bits per heavy atom. The molecule has 0 N–H and O–H groups in total. The summed E-state index contributed by atoms with van der Waals surface area (Å²) in [4.78, 5) is 16.1. The second-order valence-corrected chi connectivity index (χ2v) is 9.64. The number of hydrogen-bond acceptors (Lipinski definition) is 5. The Kier molecular flexibility index (Phi) is 7.44. The summed E-state index contributed by atoms with van der Waals surface area (Å²) in [6.45, 7) is 3.53. The van der Waals surface area contributed by atoms with E-state index in [1.54, 1.807) is 16.8 Å². The maximum absolute atomic E-state index is 14.0. The van der Waals surface area contributed by atoms with Gasteiger partial charge in [-0.15, -0.1) is 11.3 Å². The Labute approximate surface area is 213 Å². The van der Waals surface area contributed by atoms with Crippen molar-refractivity contribution in [2.45, 2.75) is 38.8 Å². The van der Waals surface area contributed by atoms with Gasteiger partial charge in [0.2, 0.25) is 5.88 Å². The number of aryl methyl sites for hydroxylation is 1. The van der Waals surface area contributed by atoms with Crippen LogP contribution in [0.4, 0.5) is 4.39 Å². The van der Waals surface area contributed by atoms with Gasteiger partial charge in [-0.1, -0.05) is 37.3 Å². The molecule has 2 aromatic heterocycles. The van der Waals surface area contributed by atoms with Crippen molar-refractivity contribution in [3.05, 3.63) is 94.1 Å². The number of halogens is 1. The molecule has 1 unspecified atom stereocenters. The van der Waals surface area contributed by atoms with Gasteiger partial charge in [0.1, 0.15) is 11.6 Å². The highest BCUT2D eigenvalue weighted by atomic mass is 32.1. The SMILES string of the molecule is CCc1nn(-c2ccccc2)c(Oc2cccc(F)c2)c1CN(CC1CCCO1)C(=O)c1cccs1. The third kappa shape index (κ3) is 5.34. The average molecular weight is 506 g/mol. The first-order valence-electron chi connectivity index (χ1n) is 12.2. The number of nitrogens with zero attached hydrogens (tertiary/aromatic N) is 3. The maximum atomic E-state index is 14.0. The smallest absolute Gasteiger partial charge is 0.264 e. The molecule has 0 aliphatic carbocycles. The van der Waals surface area contributed by atoms with E-state index < -0.39 is 0 Å². The highest BCUT2D eigenvalue weighted by molar-refractivity contribution is 7.12. The van der Waals surface area contributed by atoms with Crippen molar-refractivity contribution in [2.24, 2.45) is 0 Å². The lowest BCUT2D eigenvalue weighted by Gasteiger charge is -2.25. The number of benzene rings is 2. The summed E-state index contributed by atoms with van der Waals surface area (Å²) in [5, 5.41) is 6.76. The van der Waals surface area contributed by atoms with Crippen molar-refractivity contribution in [3.8, 4) is 17.3 Å². The molecule has 5 rings (SSSR count). The normalized spacial score (nSPS) is 15.2. The number of rotatable bonds is 9.